The van der Waals surface area contributed by atoms with Gasteiger partial charge in [-0.2, -0.15) is 0 Å². The molecule has 0 aromatic carbocycles. The van der Waals surface area contributed by atoms with Crippen molar-refractivity contribution in [2.45, 2.75) is 44.5 Å². The second kappa shape index (κ2) is 3.96. The van der Waals surface area contributed by atoms with Crippen molar-refractivity contribution in [1.29, 1.82) is 0 Å². The van der Waals surface area contributed by atoms with Crippen LogP contribution in [-0.2, 0) is 9.84 Å². The van der Waals surface area contributed by atoms with Gasteiger partial charge in [0, 0.05) is 0 Å². The van der Waals surface area contributed by atoms with Gasteiger partial charge in [-0.3, -0.25) is 0 Å². The van der Waals surface area contributed by atoms with Gasteiger partial charge in [0.1, 0.15) is 0 Å². The van der Waals surface area contributed by atoms with Gasteiger partial charge >= 0.3 is 0 Å². The predicted molar refractivity (Wildman–Crippen MR) is 52.3 cm³/mol. The van der Waals surface area contributed by atoms with Crippen LogP contribution in [0.3, 0.4) is 0 Å². The van der Waals surface area contributed by atoms with Crippen LogP contribution in [0.5, 0.6) is 0 Å². The summed E-state index contributed by atoms with van der Waals surface area (Å²) in [5, 5.41) is 9.19. The van der Waals surface area contributed by atoms with E-state index in [0.29, 0.717) is 6.42 Å². The third-order valence-electron chi connectivity index (χ3n) is 2.69. The predicted octanol–water partition coefficient (Wildman–Crippen LogP) is 0.971. The van der Waals surface area contributed by atoms with E-state index in [1.807, 2.05) is 13.8 Å². The molecule has 1 saturated heterocycles. The maximum absolute atomic E-state index is 11.6. The maximum Gasteiger partial charge on any atom is 0.155 e. The highest BCUT2D eigenvalue weighted by Crippen LogP contribution is 2.25. The minimum Gasteiger partial charge on any atom is -0.392 e. The van der Waals surface area contributed by atoms with Gasteiger partial charge in [0.15, 0.2) is 9.84 Å². The van der Waals surface area contributed by atoms with Crippen molar-refractivity contribution >= 4 is 9.84 Å². The van der Waals surface area contributed by atoms with E-state index in [1.54, 1.807) is 0 Å². The van der Waals surface area contributed by atoms with Gasteiger partial charge in [0.2, 0.25) is 0 Å². The molecular weight excluding hydrogens is 188 g/mol. The van der Waals surface area contributed by atoms with Crippen molar-refractivity contribution in [3.05, 3.63) is 0 Å². The maximum atomic E-state index is 11.6. The second-order valence-electron chi connectivity index (χ2n) is 4.14. The van der Waals surface area contributed by atoms with E-state index in [2.05, 4.69) is 0 Å². The normalized spacial score (nSPS) is 30.3. The molecule has 2 atom stereocenters. The molecule has 1 fully saturated rings. The van der Waals surface area contributed by atoms with Gasteiger partial charge in [0.25, 0.3) is 0 Å². The molecule has 0 spiro atoms. The van der Waals surface area contributed by atoms with Crippen LogP contribution in [0.2, 0.25) is 0 Å². The Morgan fingerprint density at radius 1 is 1.31 bits per heavy atom. The van der Waals surface area contributed by atoms with E-state index in [4.69, 9.17) is 0 Å². The van der Waals surface area contributed by atoms with Crippen molar-refractivity contribution in [1.82, 2.24) is 0 Å². The number of sulfone groups is 1. The molecule has 3 nitrogen and oxygen atoms in total. The zero-order valence-corrected chi connectivity index (χ0v) is 9.05. The Bertz CT molecular complexity index is 256. The molecule has 1 rings (SSSR count). The van der Waals surface area contributed by atoms with E-state index in [1.165, 1.54) is 0 Å². The highest BCUT2D eigenvalue weighted by Gasteiger charge is 2.35. The van der Waals surface area contributed by atoms with Gasteiger partial charge in [0.05, 0.1) is 17.1 Å². The molecule has 13 heavy (non-hydrogen) atoms. The standard InChI is InChI=1S/C9H18O3S/c1-7(2)9(10)8-5-3-4-6-13(8,11)12/h7-10H,3-6H2,1-2H3. The van der Waals surface area contributed by atoms with Gasteiger partial charge in [-0.05, 0) is 18.8 Å². The summed E-state index contributed by atoms with van der Waals surface area (Å²) >= 11 is 0. The van der Waals surface area contributed by atoms with Gasteiger partial charge < -0.3 is 5.11 Å². The molecule has 0 amide bonds. The lowest BCUT2D eigenvalue weighted by Gasteiger charge is -2.28. The van der Waals surface area contributed by atoms with E-state index in [-0.39, 0.29) is 11.7 Å². The molecule has 4 heteroatoms. The van der Waals surface area contributed by atoms with Crippen LogP contribution in [0.1, 0.15) is 33.1 Å². The Morgan fingerprint density at radius 3 is 2.38 bits per heavy atom. The van der Waals surface area contributed by atoms with E-state index in [9.17, 15) is 13.5 Å². The Hall–Kier alpha value is -0.0900. The fourth-order valence-corrected chi connectivity index (χ4v) is 3.97. The van der Waals surface area contributed by atoms with Crippen LogP contribution in [0.4, 0.5) is 0 Å². The quantitative estimate of drug-likeness (QED) is 0.732. The topological polar surface area (TPSA) is 54.4 Å². The first-order valence-corrected chi connectivity index (χ1v) is 6.56. The molecule has 0 aromatic rings. The van der Waals surface area contributed by atoms with Crippen molar-refractivity contribution in [2.75, 3.05) is 5.75 Å². The number of aliphatic hydroxyl groups is 1. The summed E-state index contributed by atoms with van der Waals surface area (Å²) in [5.41, 5.74) is 0. The Balaban J connectivity index is 2.77. The molecule has 2 unspecified atom stereocenters. The smallest absolute Gasteiger partial charge is 0.155 e. The van der Waals surface area contributed by atoms with E-state index < -0.39 is 21.2 Å². The zero-order valence-electron chi connectivity index (χ0n) is 8.23. The first-order chi connectivity index (χ1) is 5.95. The minimum atomic E-state index is -3.02. The average molecular weight is 206 g/mol. The largest absolute Gasteiger partial charge is 0.392 e. The molecule has 78 valence electrons. The Kier molecular flexibility index (Phi) is 3.35. The lowest BCUT2D eigenvalue weighted by Crippen LogP contribution is -2.41. The van der Waals surface area contributed by atoms with E-state index >= 15 is 0 Å². The van der Waals surface area contributed by atoms with Gasteiger partial charge in [-0.15, -0.1) is 0 Å². The van der Waals surface area contributed by atoms with E-state index in [0.717, 1.165) is 12.8 Å². The third-order valence-corrected chi connectivity index (χ3v) is 4.99. The van der Waals surface area contributed by atoms with Crippen LogP contribution >= 0.6 is 0 Å². The fraction of sp³-hybridized carbons (Fsp3) is 1.00. The summed E-state index contributed by atoms with van der Waals surface area (Å²) in [6, 6.07) is 0. The molecule has 1 aliphatic rings. The summed E-state index contributed by atoms with van der Waals surface area (Å²) in [4.78, 5) is 0. The van der Waals surface area contributed by atoms with Crippen molar-refractivity contribution in [3.8, 4) is 0 Å². The zero-order chi connectivity index (χ0) is 10.1. The molecule has 0 aromatic heterocycles. The highest BCUT2D eigenvalue weighted by molar-refractivity contribution is 7.92. The van der Waals surface area contributed by atoms with Crippen LogP contribution < -0.4 is 0 Å². The summed E-state index contributed by atoms with van der Waals surface area (Å²) in [6.07, 6.45) is 1.62. The number of hydrogen-bond acceptors (Lipinski definition) is 3. The summed E-state index contributed by atoms with van der Waals surface area (Å²) in [5.74, 6) is 0.277. The van der Waals surface area contributed by atoms with Crippen molar-refractivity contribution in [3.63, 3.8) is 0 Å². The SMILES string of the molecule is CC(C)C(O)C1CCCCS1(=O)=O. The molecule has 0 radical (unpaired) electrons. The molecule has 0 saturated carbocycles. The second-order valence-corrected chi connectivity index (χ2v) is 6.48. The van der Waals surface area contributed by atoms with Crippen LogP contribution in [0, 0.1) is 5.92 Å². The Labute approximate surface area is 80.1 Å². The first kappa shape index (κ1) is 11.0. The molecular formula is C9H18O3S. The monoisotopic (exact) mass is 206 g/mol. The first-order valence-electron chi connectivity index (χ1n) is 4.85. The summed E-state index contributed by atoms with van der Waals surface area (Å²) in [6.45, 7) is 3.71. The molecule has 1 aliphatic heterocycles. The summed E-state index contributed by atoms with van der Waals surface area (Å²) < 4.78 is 23.1. The lowest BCUT2D eigenvalue weighted by molar-refractivity contribution is 0.114. The van der Waals surface area contributed by atoms with Crippen molar-refractivity contribution < 1.29 is 13.5 Å². The van der Waals surface area contributed by atoms with Gasteiger partial charge in [-0.25, -0.2) is 8.42 Å². The molecule has 1 heterocycles. The van der Waals surface area contributed by atoms with Crippen LogP contribution in [0.15, 0.2) is 0 Å². The third kappa shape index (κ3) is 2.44. The number of aliphatic hydroxyl groups excluding tert-OH is 1. The lowest BCUT2D eigenvalue weighted by atomic mass is 10.0. The number of rotatable bonds is 2. The minimum absolute atomic E-state index is 0.0258. The highest BCUT2D eigenvalue weighted by atomic mass is 32.2. The molecule has 1 N–H and O–H groups in total. The average Bonchev–Trinajstić information content (AvgIpc) is 2.02. The summed E-state index contributed by atoms with van der Waals surface area (Å²) in [7, 11) is -3.02. The van der Waals surface area contributed by atoms with Crippen molar-refractivity contribution in [2.24, 2.45) is 5.92 Å². The van der Waals surface area contributed by atoms with Gasteiger partial charge in [-0.1, -0.05) is 20.3 Å². The fourth-order valence-electron chi connectivity index (χ4n) is 1.79. The Morgan fingerprint density at radius 2 is 1.92 bits per heavy atom. The molecule has 0 bridgehead atoms. The van der Waals surface area contributed by atoms with Crippen LogP contribution in [-0.4, -0.2) is 30.6 Å². The number of hydrogen-bond donors (Lipinski definition) is 1. The van der Waals surface area contributed by atoms with Crippen LogP contribution in [0.25, 0.3) is 0 Å². The molecule has 0 aliphatic carbocycles.